The van der Waals surface area contributed by atoms with E-state index in [4.69, 9.17) is 0 Å². The molecule has 3 rings (SSSR count). The van der Waals surface area contributed by atoms with Gasteiger partial charge < -0.3 is 4.90 Å². The fourth-order valence-corrected chi connectivity index (χ4v) is 3.93. The number of hydrogen-bond acceptors (Lipinski definition) is 3. The summed E-state index contributed by atoms with van der Waals surface area (Å²) < 4.78 is 27.8. The predicted octanol–water partition coefficient (Wildman–Crippen LogP) is 4.38. The van der Waals surface area contributed by atoms with Gasteiger partial charge in [-0.25, -0.2) is 8.42 Å². The molecule has 0 aliphatic carbocycles. The summed E-state index contributed by atoms with van der Waals surface area (Å²) in [6.07, 6.45) is 0. The molecule has 0 aromatic heterocycles. The second kappa shape index (κ2) is 7.86. The van der Waals surface area contributed by atoms with Gasteiger partial charge in [-0.05, 0) is 61.9 Å². The van der Waals surface area contributed by atoms with Crippen molar-refractivity contribution in [3.8, 4) is 0 Å². The Kier molecular flexibility index (Phi) is 5.51. The van der Waals surface area contributed by atoms with Gasteiger partial charge in [0.2, 0.25) is 0 Å². The van der Waals surface area contributed by atoms with Crippen LogP contribution in [0.25, 0.3) is 0 Å². The number of carbonyl (C=O) groups is 1. The maximum absolute atomic E-state index is 12.7. The number of aryl methyl sites for hydroxylation is 2. The molecule has 1 amide bonds. The van der Waals surface area contributed by atoms with Crippen molar-refractivity contribution in [2.45, 2.75) is 18.7 Å². The lowest BCUT2D eigenvalue weighted by molar-refractivity contribution is 0.0993. The Morgan fingerprint density at radius 3 is 2.14 bits per heavy atom. The predicted molar refractivity (Wildman–Crippen MR) is 112 cm³/mol. The lowest BCUT2D eigenvalue weighted by Gasteiger charge is -2.18. The zero-order chi connectivity index (χ0) is 20.3. The van der Waals surface area contributed by atoms with Gasteiger partial charge in [0.05, 0.1) is 10.6 Å². The van der Waals surface area contributed by atoms with Crippen LogP contribution in [0.1, 0.15) is 21.5 Å². The largest absolute Gasteiger partial charge is 0.311 e. The monoisotopic (exact) mass is 394 g/mol. The van der Waals surface area contributed by atoms with Crippen molar-refractivity contribution in [2.75, 3.05) is 16.7 Å². The Morgan fingerprint density at radius 2 is 1.54 bits per heavy atom. The zero-order valence-electron chi connectivity index (χ0n) is 16.0. The summed E-state index contributed by atoms with van der Waals surface area (Å²) in [7, 11) is -1.98. The first-order valence-electron chi connectivity index (χ1n) is 8.81. The SMILES string of the molecule is Cc1ccc(S(=O)(=O)Nc2ccc(C(=O)N(C)c3ccccc3)cc2C)cc1. The Bertz CT molecular complexity index is 1090. The van der Waals surface area contributed by atoms with Crippen LogP contribution in [0.5, 0.6) is 0 Å². The van der Waals surface area contributed by atoms with Crippen LogP contribution in [0.15, 0.2) is 77.7 Å². The van der Waals surface area contributed by atoms with Gasteiger partial charge in [0, 0.05) is 18.3 Å². The summed E-state index contributed by atoms with van der Waals surface area (Å²) in [5.74, 6) is -0.165. The Labute approximate surface area is 165 Å². The summed E-state index contributed by atoms with van der Waals surface area (Å²) in [6.45, 7) is 3.67. The number of hydrogen-bond donors (Lipinski definition) is 1. The molecular weight excluding hydrogens is 372 g/mol. The van der Waals surface area contributed by atoms with E-state index in [-0.39, 0.29) is 10.8 Å². The standard InChI is InChI=1S/C22H22N2O3S/c1-16-9-12-20(13-10-16)28(26,27)23-21-14-11-18(15-17(21)2)22(25)24(3)19-7-5-4-6-8-19/h4-15,23H,1-3H3. The normalized spacial score (nSPS) is 11.1. The van der Waals surface area contributed by atoms with E-state index in [0.29, 0.717) is 16.8 Å². The molecule has 0 saturated carbocycles. The summed E-state index contributed by atoms with van der Waals surface area (Å²) in [5, 5.41) is 0. The molecule has 0 fully saturated rings. The molecule has 144 valence electrons. The molecule has 3 aromatic rings. The zero-order valence-corrected chi connectivity index (χ0v) is 16.8. The maximum atomic E-state index is 12.7. The molecule has 1 N–H and O–H groups in total. The molecule has 0 heterocycles. The van der Waals surface area contributed by atoms with Crippen molar-refractivity contribution < 1.29 is 13.2 Å². The highest BCUT2D eigenvalue weighted by molar-refractivity contribution is 7.92. The van der Waals surface area contributed by atoms with Crippen LogP contribution in [0, 0.1) is 13.8 Å². The van der Waals surface area contributed by atoms with Crippen molar-refractivity contribution in [1.82, 2.24) is 0 Å². The lowest BCUT2D eigenvalue weighted by atomic mass is 10.1. The molecule has 5 nitrogen and oxygen atoms in total. The van der Waals surface area contributed by atoms with Crippen LogP contribution in [0.2, 0.25) is 0 Å². The minimum absolute atomic E-state index is 0.165. The Balaban J connectivity index is 1.82. The van der Waals surface area contributed by atoms with Gasteiger partial charge in [0.25, 0.3) is 15.9 Å². The van der Waals surface area contributed by atoms with E-state index in [1.165, 1.54) is 0 Å². The molecule has 0 unspecified atom stereocenters. The molecule has 28 heavy (non-hydrogen) atoms. The third-order valence-electron chi connectivity index (χ3n) is 4.50. The first kappa shape index (κ1) is 19.6. The minimum atomic E-state index is -3.69. The molecular formula is C22H22N2O3S. The number of sulfonamides is 1. The number of para-hydroxylation sites is 1. The van der Waals surface area contributed by atoms with E-state index in [1.807, 2.05) is 37.3 Å². The highest BCUT2D eigenvalue weighted by atomic mass is 32.2. The number of anilines is 2. The molecule has 0 spiro atoms. The molecule has 0 atom stereocenters. The van der Waals surface area contributed by atoms with Crippen LogP contribution in [-0.4, -0.2) is 21.4 Å². The van der Waals surface area contributed by atoms with Crippen molar-refractivity contribution in [1.29, 1.82) is 0 Å². The third-order valence-corrected chi connectivity index (χ3v) is 5.88. The summed E-state index contributed by atoms with van der Waals surface area (Å²) in [4.78, 5) is 14.5. The van der Waals surface area contributed by atoms with Gasteiger partial charge in [-0.2, -0.15) is 0 Å². The Hall–Kier alpha value is -3.12. The van der Waals surface area contributed by atoms with Gasteiger partial charge >= 0.3 is 0 Å². The number of rotatable bonds is 5. The molecule has 0 bridgehead atoms. The van der Waals surface area contributed by atoms with Crippen LogP contribution >= 0.6 is 0 Å². The first-order valence-corrected chi connectivity index (χ1v) is 10.3. The first-order chi connectivity index (χ1) is 13.3. The van der Waals surface area contributed by atoms with E-state index in [2.05, 4.69) is 4.72 Å². The average molecular weight is 394 g/mol. The maximum Gasteiger partial charge on any atom is 0.261 e. The second-order valence-corrected chi connectivity index (χ2v) is 8.33. The number of benzene rings is 3. The van der Waals surface area contributed by atoms with Crippen molar-refractivity contribution >= 4 is 27.3 Å². The van der Waals surface area contributed by atoms with Gasteiger partial charge in [-0.1, -0.05) is 35.9 Å². The minimum Gasteiger partial charge on any atom is -0.311 e. The molecule has 0 saturated heterocycles. The number of nitrogens with zero attached hydrogens (tertiary/aromatic N) is 1. The van der Waals surface area contributed by atoms with E-state index in [9.17, 15) is 13.2 Å². The van der Waals surface area contributed by atoms with Gasteiger partial charge in [0.1, 0.15) is 0 Å². The fourth-order valence-electron chi connectivity index (χ4n) is 2.79. The summed E-state index contributed by atoms with van der Waals surface area (Å²) in [5.41, 5.74) is 3.37. The quantitative estimate of drug-likeness (QED) is 0.698. The van der Waals surface area contributed by atoms with Crippen LogP contribution in [0.4, 0.5) is 11.4 Å². The average Bonchev–Trinajstić information content (AvgIpc) is 2.69. The second-order valence-electron chi connectivity index (χ2n) is 6.65. The Morgan fingerprint density at radius 1 is 0.893 bits per heavy atom. The molecule has 0 radical (unpaired) electrons. The van der Waals surface area contributed by atoms with Crippen LogP contribution < -0.4 is 9.62 Å². The van der Waals surface area contributed by atoms with E-state index < -0.39 is 10.0 Å². The highest BCUT2D eigenvalue weighted by Gasteiger charge is 2.18. The number of amides is 1. The fraction of sp³-hybridized carbons (Fsp3) is 0.136. The van der Waals surface area contributed by atoms with E-state index in [1.54, 1.807) is 61.3 Å². The molecule has 6 heteroatoms. The highest BCUT2D eigenvalue weighted by Crippen LogP contribution is 2.23. The summed E-state index contributed by atoms with van der Waals surface area (Å²) in [6, 6.07) is 20.9. The number of carbonyl (C=O) groups excluding carboxylic acids is 1. The molecule has 0 aliphatic rings. The van der Waals surface area contributed by atoms with E-state index in [0.717, 1.165) is 11.3 Å². The van der Waals surface area contributed by atoms with Crippen molar-refractivity contribution in [2.24, 2.45) is 0 Å². The van der Waals surface area contributed by atoms with Crippen LogP contribution in [-0.2, 0) is 10.0 Å². The van der Waals surface area contributed by atoms with E-state index >= 15 is 0 Å². The lowest BCUT2D eigenvalue weighted by Crippen LogP contribution is -2.26. The smallest absolute Gasteiger partial charge is 0.261 e. The summed E-state index contributed by atoms with van der Waals surface area (Å²) >= 11 is 0. The van der Waals surface area contributed by atoms with Gasteiger partial charge in [-0.15, -0.1) is 0 Å². The third kappa shape index (κ3) is 4.23. The van der Waals surface area contributed by atoms with Crippen molar-refractivity contribution in [3.63, 3.8) is 0 Å². The number of nitrogens with one attached hydrogen (secondary N) is 1. The van der Waals surface area contributed by atoms with Crippen LogP contribution in [0.3, 0.4) is 0 Å². The molecule has 3 aromatic carbocycles. The van der Waals surface area contributed by atoms with Gasteiger partial charge in [-0.3, -0.25) is 9.52 Å². The van der Waals surface area contributed by atoms with Crippen molar-refractivity contribution in [3.05, 3.63) is 89.5 Å². The van der Waals surface area contributed by atoms with Gasteiger partial charge in [0.15, 0.2) is 0 Å². The topological polar surface area (TPSA) is 66.5 Å². The molecule has 0 aliphatic heterocycles.